The highest BCUT2D eigenvalue weighted by atomic mass is 16.1. The van der Waals surface area contributed by atoms with E-state index >= 15 is 0 Å². The third kappa shape index (κ3) is 1.99. The summed E-state index contributed by atoms with van der Waals surface area (Å²) in [5.74, 6) is 0.339. The van der Waals surface area contributed by atoms with Crippen molar-refractivity contribution in [2.75, 3.05) is 0 Å². The SMILES string of the molecule is O=C1c2ccccc2C2c3cc4c(cc3-c3cccc1c32)-c1cccc2c1C4c1ccccc1C2=O. The molecule has 36 heavy (non-hydrogen) atoms. The van der Waals surface area contributed by atoms with Crippen LogP contribution in [0.4, 0.5) is 0 Å². The monoisotopic (exact) mass is 458 g/mol. The fraction of sp³-hybridized carbons (Fsp3) is 0.0588. The summed E-state index contributed by atoms with van der Waals surface area (Å²) in [5, 5.41) is 0. The van der Waals surface area contributed by atoms with Crippen molar-refractivity contribution in [1.82, 2.24) is 0 Å². The van der Waals surface area contributed by atoms with E-state index in [0.29, 0.717) is 0 Å². The summed E-state index contributed by atoms with van der Waals surface area (Å²) in [6, 6.07) is 33.1. The highest BCUT2D eigenvalue weighted by Crippen LogP contribution is 2.59. The van der Waals surface area contributed by atoms with Crippen LogP contribution in [0.3, 0.4) is 0 Å². The van der Waals surface area contributed by atoms with Gasteiger partial charge in [0.25, 0.3) is 0 Å². The summed E-state index contributed by atoms with van der Waals surface area (Å²) in [7, 11) is 0. The van der Waals surface area contributed by atoms with Gasteiger partial charge in [0.1, 0.15) is 0 Å². The molecule has 0 N–H and O–H groups in total. The number of rotatable bonds is 0. The number of benzene rings is 5. The standard InChI is InChI=1S/C34H18O2/c35-33-21-9-3-1-7-17(21)31-27-16-28-26(15-25(27)19-11-5-13-23(33)29(19)31)20-12-6-14-24-30(20)32(28)18-8-2-4-10-22(18)34(24)36/h1-16,31-32H. The molecule has 0 heterocycles. The van der Waals surface area contributed by atoms with Crippen molar-refractivity contribution in [1.29, 1.82) is 0 Å². The number of hydrogen-bond donors (Lipinski definition) is 0. The Hall–Kier alpha value is -4.56. The molecule has 0 bridgehead atoms. The molecule has 2 unspecified atom stereocenters. The molecule has 2 atom stereocenters. The van der Waals surface area contributed by atoms with Crippen LogP contribution in [0.25, 0.3) is 22.3 Å². The first-order valence-electron chi connectivity index (χ1n) is 12.4. The van der Waals surface area contributed by atoms with Gasteiger partial charge in [0, 0.05) is 34.1 Å². The Morgan fingerprint density at radius 3 is 1.28 bits per heavy atom. The average molecular weight is 459 g/mol. The minimum Gasteiger partial charge on any atom is -0.289 e. The van der Waals surface area contributed by atoms with Gasteiger partial charge in [-0.25, -0.2) is 0 Å². The van der Waals surface area contributed by atoms with Crippen molar-refractivity contribution in [3.8, 4) is 22.3 Å². The molecule has 0 radical (unpaired) electrons. The number of fused-ring (bicyclic) bond motifs is 10. The molecule has 0 aliphatic heterocycles. The second-order valence-corrected chi connectivity index (χ2v) is 10.3. The predicted molar refractivity (Wildman–Crippen MR) is 139 cm³/mol. The van der Waals surface area contributed by atoms with Crippen LogP contribution < -0.4 is 0 Å². The Morgan fingerprint density at radius 2 is 0.778 bits per heavy atom. The minimum atomic E-state index is 0.0500. The summed E-state index contributed by atoms with van der Waals surface area (Å²) in [4.78, 5) is 26.9. The summed E-state index contributed by atoms with van der Waals surface area (Å²) in [5.41, 5.74) is 15.0. The van der Waals surface area contributed by atoms with Crippen LogP contribution in [0.2, 0.25) is 0 Å². The lowest BCUT2D eigenvalue weighted by atomic mass is 9.75. The number of carbonyl (C=O) groups is 2. The van der Waals surface area contributed by atoms with Gasteiger partial charge in [-0.15, -0.1) is 0 Å². The fourth-order valence-corrected chi connectivity index (χ4v) is 7.35. The first-order valence-corrected chi connectivity index (χ1v) is 12.4. The van der Waals surface area contributed by atoms with Crippen molar-refractivity contribution in [2.45, 2.75) is 11.8 Å². The summed E-state index contributed by atoms with van der Waals surface area (Å²) >= 11 is 0. The minimum absolute atomic E-state index is 0.0500. The molecular formula is C34H18O2. The van der Waals surface area contributed by atoms with E-state index in [-0.39, 0.29) is 23.4 Å². The quantitative estimate of drug-likeness (QED) is 0.243. The maximum Gasteiger partial charge on any atom is 0.193 e. The van der Waals surface area contributed by atoms with Crippen molar-refractivity contribution in [3.05, 3.63) is 153 Å². The van der Waals surface area contributed by atoms with E-state index in [1.807, 2.05) is 60.7 Å². The lowest BCUT2D eigenvalue weighted by Gasteiger charge is -2.26. The van der Waals surface area contributed by atoms with Crippen molar-refractivity contribution < 1.29 is 9.59 Å². The van der Waals surface area contributed by atoms with E-state index in [2.05, 4.69) is 36.4 Å². The molecule has 0 saturated carbocycles. The normalized spacial score (nSPS) is 18.7. The maximum atomic E-state index is 13.4. The third-order valence-electron chi connectivity index (χ3n) is 8.74. The summed E-state index contributed by atoms with van der Waals surface area (Å²) in [6.07, 6.45) is 0. The first kappa shape index (κ1) is 18.7. The lowest BCUT2D eigenvalue weighted by Crippen LogP contribution is -2.19. The summed E-state index contributed by atoms with van der Waals surface area (Å²) < 4.78 is 0. The van der Waals surface area contributed by atoms with Gasteiger partial charge in [0.05, 0.1) is 0 Å². The Morgan fingerprint density at radius 1 is 0.361 bits per heavy atom. The van der Waals surface area contributed by atoms with Gasteiger partial charge in [0.15, 0.2) is 11.6 Å². The molecule has 0 saturated heterocycles. The van der Waals surface area contributed by atoms with Gasteiger partial charge in [0.2, 0.25) is 0 Å². The third-order valence-corrected chi connectivity index (χ3v) is 8.74. The second kappa shape index (κ2) is 6.16. The summed E-state index contributed by atoms with van der Waals surface area (Å²) in [6.45, 7) is 0. The van der Waals surface area contributed by atoms with E-state index in [4.69, 9.17) is 0 Å². The molecule has 0 aromatic heterocycles. The number of ketones is 2. The van der Waals surface area contributed by atoms with E-state index in [0.717, 1.165) is 55.6 Å². The fourth-order valence-electron chi connectivity index (χ4n) is 7.35. The van der Waals surface area contributed by atoms with Crippen LogP contribution >= 0.6 is 0 Å². The largest absolute Gasteiger partial charge is 0.289 e. The van der Waals surface area contributed by atoms with Gasteiger partial charge in [-0.05, 0) is 61.7 Å². The van der Waals surface area contributed by atoms with Crippen LogP contribution in [-0.2, 0) is 0 Å². The highest BCUT2D eigenvalue weighted by molar-refractivity contribution is 6.16. The van der Waals surface area contributed by atoms with Crippen LogP contribution in [0.1, 0.15) is 77.1 Å². The zero-order valence-electron chi connectivity index (χ0n) is 19.2. The van der Waals surface area contributed by atoms with Gasteiger partial charge < -0.3 is 0 Å². The Labute approximate surface area is 207 Å². The zero-order valence-corrected chi connectivity index (χ0v) is 19.2. The van der Waals surface area contributed by atoms with Crippen LogP contribution in [-0.4, -0.2) is 11.6 Å². The van der Waals surface area contributed by atoms with Crippen molar-refractivity contribution >= 4 is 11.6 Å². The molecule has 9 rings (SSSR count). The van der Waals surface area contributed by atoms with Crippen molar-refractivity contribution in [3.63, 3.8) is 0 Å². The Bertz CT molecular complexity index is 1760. The smallest absolute Gasteiger partial charge is 0.193 e. The molecule has 166 valence electrons. The first-order chi connectivity index (χ1) is 17.7. The Kier molecular flexibility index (Phi) is 3.21. The van der Waals surface area contributed by atoms with Crippen LogP contribution in [0.15, 0.2) is 97.1 Å². The van der Waals surface area contributed by atoms with Crippen LogP contribution in [0.5, 0.6) is 0 Å². The molecule has 5 aromatic rings. The van der Waals surface area contributed by atoms with Crippen molar-refractivity contribution in [2.24, 2.45) is 0 Å². The number of hydrogen-bond acceptors (Lipinski definition) is 2. The molecule has 0 fully saturated rings. The van der Waals surface area contributed by atoms with E-state index < -0.39 is 0 Å². The Balaban J connectivity index is 1.39. The topological polar surface area (TPSA) is 34.1 Å². The van der Waals surface area contributed by atoms with E-state index in [9.17, 15) is 9.59 Å². The van der Waals surface area contributed by atoms with E-state index in [1.165, 1.54) is 22.3 Å². The molecule has 0 amide bonds. The molecule has 2 nitrogen and oxygen atoms in total. The molecule has 4 aliphatic rings. The zero-order chi connectivity index (χ0) is 23.7. The van der Waals surface area contributed by atoms with Gasteiger partial charge in [-0.3, -0.25) is 9.59 Å². The van der Waals surface area contributed by atoms with E-state index in [1.54, 1.807) is 0 Å². The lowest BCUT2D eigenvalue weighted by molar-refractivity contribution is 0.102. The van der Waals surface area contributed by atoms with Crippen LogP contribution in [0, 0.1) is 0 Å². The molecule has 2 heteroatoms. The average Bonchev–Trinajstić information content (AvgIpc) is 3.43. The van der Waals surface area contributed by atoms with Gasteiger partial charge >= 0.3 is 0 Å². The van der Waals surface area contributed by atoms with Gasteiger partial charge in [-0.1, -0.05) is 91.0 Å². The predicted octanol–water partition coefficient (Wildman–Crippen LogP) is 7.10. The van der Waals surface area contributed by atoms with Gasteiger partial charge in [-0.2, -0.15) is 0 Å². The molecule has 0 spiro atoms. The second-order valence-electron chi connectivity index (χ2n) is 10.3. The molecule has 4 aliphatic carbocycles. The number of carbonyl (C=O) groups excluding carboxylic acids is 2. The molecule has 5 aromatic carbocycles. The highest BCUT2D eigenvalue weighted by Gasteiger charge is 2.44. The molecular weight excluding hydrogens is 440 g/mol. The maximum absolute atomic E-state index is 13.4.